The first-order valence-corrected chi connectivity index (χ1v) is 5.12. The van der Waals surface area contributed by atoms with Crippen molar-refractivity contribution >= 4 is 17.7 Å². The van der Waals surface area contributed by atoms with Crippen LogP contribution in [0.2, 0.25) is 0 Å². The van der Waals surface area contributed by atoms with Gasteiger partial charge in [-0.15, -0.1) is 0 Å². The van der Waals surface area contributed by atoms with Gasteiger partial charge in [-0.05, 0) is 30.7 Å². The number of nitro groups is 1. The summed E-state index contributed by atoms with van der Waals surface area (Å²) in [6.07, 6.45) is 1.32. The quantitative estimate of drug-likeness (QED) is 0.266. The van der Waals surface area contributed by atoms with Crippen LogP contribution in [0.4, 0.5) is 5.69 Å². The molecular formula is C12H10N2O4. The smallest absolute Gasteiger partial charge is 0.348 e. The Morgan fingerprint density at radius 3 is 2.56 bits per heavy atom. The van der Waals surface area contributed by atoms with E-state index in [-0.39, 0.29) is 17.9 Å². The Labute approximate surface area is 103 Å². The van der Waals surface area contributed by atoms with Crippen LogP contribution in [-0.2, 0) is 9.53 Å². The number of carbonyl (C=O) groups excluding carboxylic acids is 1. The number of nitriles is 1. The van der Waals surface area contributed by atoms with E-state index in [1.54, 1.807) is 13.0 Å². The van der Waals surface area contributed by atoms with E-state index in [4.69, 9.17) is 10.00 Å². The third-order valence-electron chi connectivity index (χ3n) is 2.03. The first kappa shape index (κ1) is 13.4. The summed E-state index contributed by atoms with van der Waals surface area (Å²) >= 11 is 0. The molecule has 1 aromatic carbocycles. The minimum absolute atomic E-state index is 0.0539. The molecule has 0 radical (unpaired) electrons. The number of esters is 1. The Hall–Kier alpha value is -2.68. The van der Waals surface area contributed by atoms with Gasteiger partial charge in [-0.2, -0.15) is 5.26 Å². The van der Waals surface area contributed by atoms with Gasteiger partial charge in [0.25, 0.3) is 5.69 Å². The maximum atomic E-state index is 11.3. The van der Waals surface area contributed by atoms with E-state index in [2.05, 4.69) is 0 Å². The molecule has 0 aliphatic rings. The van der Waals surface area contributed by atoms with Crippen molar-refractivity contribution in [1.29, 1.82) is 5.26 Å². The van der Waals surface area contributed by atoms with Gasteiger partial charge in [-0.25, -0.2) is 4.79 Å². The largest absolute Gasteiger partial charge is 0.462 e. The molecule has 0 N–H and O–H groups in total. The monoisotopic (exact) mass is 246 g/mol. The Morgan fingerprint density at radius 2 is 2.11 bits per heavy atom. The van der Waals surface area contributed by atoms with E-state index in [1.807, 2.05) is 0 Å². The minimum Gasteiger partial charge on any atom is -0.462 e. The molecule has 1 rings (SSSR count). The highest BCUT2D eigenvalue weighted by Gasteiger charge is 2.10. The van der Waals surface area contributed by atoms with Gasteiger partial charge < -0.3 is 4.74 Å². The second-order valence-electron chi connectivity index (χ2n) is 3.24. The van der Waals surface area contributed by atoms with Crippen molar-refractivity contribution in [2.45, 2.75) is 6.92 Å². The summed E-state index contributed by atoms with van der Waals surface area (Å²) in [5, 5.41) is 19.2. The Balaban J connectivity index is 2.97. The van der Waals surface area contributed by atoms with Crippen molar-refractivity contribution in [3.63, 3.8) is 0 Å². The Kier molecular flexibility index (Phi) is 4.58. The molecule has 0 aliphatic carbocycles. The Morgan fingerprint density at radius 1 is 1.50 bits per heavy atom. The zero-order valence-electron chi connectivity index (χ0n) is 9.62. The summed E-state index contributed by atoms with van der Waals surface area (Å²) in [7, 11) is 0. The van der Waals surface area contributed by atoms with Crippen LogP contribution in [0.5, 0.6) is 0 Å². The average molecular weight is 246 g/mol. The SMILES string of the molecule is CCOC(=O)/C(C#N)=C/c1ccc([N+](=O)[O-])cc1. The molecule has 18 heavy (non-hydrogen) atoms. The van der Waals surface area contributed by atoms with Crippen LogP contribution < -0.4 is 0 Å². The number of nitrogens with zero attached hydrogens (tertiary/aromatic N) is 2. The normalized spacial score (nSPS) is 10.6. The van der Waals surface area contributed by atoms with Crippen molar-refractivity contribution < 1.29 is 14.5 Å². The topological polar surface area (TPSA) is 93.2 Å². The van der Waals surface area contributed by atoms with E-state index < -0.39 is 10.9 Å². The van der Waals surface area contributed by atoms with Gasteiger partial charge >= 0.3 is 5.97 Å². The lowest BCUT2D eigenvalue weighted by Crippen LogP contribution is -2.05. The first-order chi connectivity index (χ1) is 8.58. The molecule has 0 unspecified atom stereocenters. The molecule has 1 aromatic rings. The summed E-state index contributed by atoms with van der Waals surface area (Å²) in [5.41, 5.74) is 0.317. The summed E-state index contributed by atoms with van der Waals surface area (Å²) in [5.74, 6) is -0.710. The molecule has 0 aliphatic heterocycles. The highest BCUT2D eigenvalue weighted by atomic mass is 16.6. The van der Waals surface area contributed by atoms with Crippen molar-refractivity contribution in [3.05, 3.63) is 45.5 Å². The van der Waals surface area contributed by atoms with Gasteiger partial charge in [-0.3, -0.25) is 10.1 Å². The standard InChI is InChI=1S/C12H10N2O4/c1-2-18-12(15)10(8-13)7-9-3-5-11(6-4-9)14(16)17/h3-7H,2H2,1H3/b10-7+. The number of non-ortho nitro benzene ring substituents is 1. The third-order valence-corrected chi connectivity index (χ3v) is 2.03. The Bertz CT molecular complexity index is 526. The third kappa shape index (κ3) is 3.42. The highest BCUT2D eigenvalue weighted by molar-refractivity contribution is 5.97. The van der Waals surface area contributed by atoms with Crippen LogP contribution in [0.15, 0.2) is 29.8 Å². The zero-order chi connectivity index (χ0) is 13.5. The maximum Gasteiger partial charge on any atom is 0.348 e. The van der Waals surface area contributed by atoms with E-state index in [0.29, 0.717) is 5.56 Å². The van der Waals surface area contributed by atoms with E-state index in [1.165, 1.54) is 30.3 Å². The van der Waals surface area contributed by atoms with Crippen LogP contribution in [0.25, 0.3) is 6.08 Å². The molecule has 0 amide bonds. The van der Waals surface area contributed by atoms with Crippen molar-refractivity contribution in [2.75, 3.05) is 6.61 Å². The molecule has 0 fully saturated rings. The molecule has 0 aromatic heterocycles. The summed E-state index contributed by atoms with van der Waals surface area (Å²) < 4.78 is 4.69. The molecule has 92 valence electrons. The fourth-order valence-electron chi connectivity index (χ4n) is 1.20. The number of nitro benzene ring substituents is 1. The average Bonchev–Trinajstić information content (AvgIpc) is 2.36. The van der Waals surface area contributed by atoms with Gasteiger partial charge in [-0.1, -0.05) is 0 Å². The van der Waals surface area contributed by atoms with Crippen molar-refractivity contribution in [1.82, 2.24) is 0 Å². The number of benzene rings is 1. The van der Waals surface area contributed by atoms with Gasteiger partial charge in [0.05, 0.1) is 11.5 Å². The molecular weight excluding hydrogens is 236 g/mol. The fraction of sp³-hybridized carbons (Fsp3) is 0.167. The van der Waals surface area contributed by atoms with Crippen LogP contribution >= 0.6 is 0 Å². The van der Waals surface area contributed by atoms with Crippen molar-refractivity contribution in [3.8, 4) is 6.07 Å². The number of rotatable bonds is 4. The van der Waals surface area contributed by atoms with Crippen LogP contribution in [0, 0.1) is 21.4 Å². The van der Waals surface area contributed by atoms with Gasteiger partial charge in [0.2, 0.25) is 0 Å². The second-order valence-corrected chi connectivity index (χ2v) is 3.24. The van der Waals surface area contributed by atoms with Gasteiger partial charge in [0.15, 0.2) is 0 Å². The van der Waals surface area contributed by atoms with Crippen LogP contribution in [0.1, 0.15) is 12.5 Å². The molecule has 0 saturated carbocycles. The van der Waals surface area contributed by atoms with E-state index >= 15 is 0 Å². The molecule has 6 heteroatoms. The molecule has 0 spiro atoms. The number of hydrogen-bond donors (Lipinski definition) is 0. The summed E-state index contributed by atoms with van der Waals surface area (Å²) in [4.78, 5) is 21.3. The predicted molar refractivity (Wildman–Crippen MR) is 63.3 cm³/mol. The highest BCUT2D eigenvalue weighted by Crippen LogP contribution is 2.14. The number of hydrogen-bond acceptors (Lipinski definition) is 5. The number of carbonyl (C=O) groups is 1. The predicted octanol–water partition coefficient (Wildman–Crippen LogP) is 2.06. The minimum atomic E-state index is -0.710. The summed E-state index contributed by atoms with van der Waals surface area (Å²) in [6, 6.07) is 7.23. The van der Waals surface area contributed by atoms with Gasteiger partial charge in [0.1, 0.15) is 11.6 Å². The maximum absolute atomic E-state index is 11.3. The fourth-order valence-corrected chi connectivity index (χ4v) is 1.20. The molecule has 0 atom stereocenters. The van der Waals surface area contributed by atoms with E-state index in [9.17, 15) is 14.9 Å². The molecule has 0 heterocycles. The zero-order valence-corrected chi connectivity index (χ0v) is 9.62. The summed E-state index contributed by atoms with van der Waals surface area (Å²) in [6.45, 7) is 1.82. The van der Waals surface area contributed by atoms with Gasteiger partial charge in [0, 0.05) is 12.1 Å². The lowest BCUT2D eigenvalue weighted by molar-refractivity contribution is -0.384. The molecule has 0 saturated heterocycles. The molecule has 6 nitrogen and oxygen atoms in total. The lowest BCUT2D eigenvalue weighted by atomic mass is 10.1. The van der Waals surface area contributed by atoms with Crippen molar-refractivity contribution in [2.24, 2.45) is 0 Å². The van der Waals surface area contributed by atoms with E-state index in [0.717, 1.165) is 0 Å². The lowest BCUT2D eigenvalue weighted by Gasteiger charge is -1.99. The van der Waals surface area contributed by atoms with Crippen LogP contribution in [-0.4, -0.2) is 17.5 Å². The van der Waals surface area contributed by atoms with Crippen LogP contribution in [0.3, 0.4) is 0 Å². The molecule has 0 bridgehead atoms. The first-order valence-electron chi connectivity index (χ1n) is 5.12. The number of ether oxygens (including phenoxy) is 1. The second kappa shape index (κ2) is 6.15.